The molecule has 1 aliphatic carbocycles. The van der Waals surface area contributed by atoms with Crippen molar-refractivity contribution < 1.29 is 23.8 Å². The third kappa shape index (κ3) is 2.79. The zero-order valence-corrected chi connectivity index (χ0v) is 15.2. The van der Waals surface area contributed by atoms with Gasteiger partial charge in [-0.1, -0.05) is 11.6 Å². The zero-order chi connectivity index (χ0) is 16.9. The molecule has 2 aliphatic heterocycles. The van der Waals surface area contributed by atoms with Crippen LogP contribution in [-0.2, 0) is 25.5 Å². The van der Waals surface area contributed by atoms with E-state index >= 15 is 0 Å². The molecule has 7 heteroatoms. The minimum atomic E-state index is -0.774. The third-order valence-corrected chi connectivity index (χ3v) is 5.69. The van der Waals surface area contributed by atoms with Crippen LogP contribution in [0.1, 0.15) is 24.8 Å². The van der Waals surface area contributed by atoms with Crippen molar-refractivity contribution in [2.75, 3.05) is 13.2 Å². The summed E-state index contributed by atoms with van der Waals surface area (Å²) in [6.07, 6.45) is 0.850. The largest absolute Gasteiger partial charge is 0.481 e. The first-order chi connectivity index (χ1) is 11.5. The summed E-state index contributed by atoms with van der Waals surface area (Å²) >= 11 is 9.46. The quantitative estimate of drug-likeness (QED) is 0.695. The van der Waals surface area contributed by atoms with Gasteiger partial charge >= 0.3 is 0 Å². The van der Waals surface area contributed by atoms with Crippen LogP contribution >= 0.6 is 27.5 Å². The van der Waals surface area contributed by atoms with Crippen LogP contribution in [-0.4, -0.2) is 36.7 Å². The van der Waals surface area contributed by atoms with Crippen LogP contribution in [0.2, 0.25) is 5.02 Å². The number of ether oxygens (including phenoxy) is 3. The summed E-state index contributed by atoms with van der Waals surface area (Å²) in [7, 11) is 0. The molecule has 1 saturated carbocycles. The van der Waals surface area contributed by atoms with Gasteiger partial charge in [0.25, 0.3) is 0 Å². The third-order valence-electron chi connectivity index (χ3n) is 4.88. The number of fused-ring (bicyclic) bond motifs is 1. The number of Topliss-reactive ketones (excluding diaryl/α,β-unsaturated/α-hetero) is 2. The normalized spacial score (nSPS) is 28.0. The number of hydrogen-bond donors (Lipinski definition) is 0. The second-order valence-electron chi connectivity index (χ2n) is 6.42. The lowest BCUT2D eigenvalue weighted by atomic mass is 9.79. The van der Waals surface area contributed by atoms with E-state index in [1.54, 1.807) is 12.1 Å². The summed E-state index contributed by atoms with van der Waals surface area (Å²) in [6.45, 7) is 1.01. The average molecular weight is 416 g/mol. The molecule has 1 unspecified atom stereocenters. The van der Waals surface area contributed by atoms with Crippen molar-refractivity contribution in [1.29, 1.82) is 0 Å². The van der Waals surface area contributed by atoms with E-state index in [1.165, 1.54) is 0 Å². The topological polar surface area (TPSA) is 61.8 Å². The Kier molecular flexibility index (Phi) is 4.19. The van der Waals surface area contributed by atoms with E-state index in [1.807, 2.05) is 0 Å². The smallest absolute Gasteiger partial charge is 0.184 e. The van der Waals surface area contributed by atoms with E-state index < -0.39 is 17.8 Å². The molecule has 1 aromatic carbocycles. The standard InChI is InChI=1S/C17H16BrClO5/c18-12-7-10(19)5-9-6-14(24-16(9)12)15(21)11-8-17(2-1-13(11)20)22-3-4-23-17/h5,7,11,14H,1-4,6,8H2/t11?,14-/m1/s1. The Labute approximate surface area is 152 Å². The maximum Gasteiger partial charge on any atom is 0.184 e. The fourth-order valence-electron chi connectivity index (χ4n) is 3.70. The van der Waals surface area contributed by atoms with Gasteiger partial charge in [-0.05, 0) is 28.1 Å². The Morgan fingerprint density at radius 3 is 2.79 bits per heavy atom. The minimum absolute atomic E-state index is 0.0543. The number of halogens is 2. The Hall–Kier alpha value is -0.950. The lowest BCUT2D eigenvalue weighted by Crippen LogP contribution is -2.46. The summed E-state index contributed by atoms with van der Waals surface area (Å²) in [5, 5.41) is 0.581. The number of hydrogen-bond acceptors (Lipinski definition) is 5. The van der Waals surface area contributed by atoms with Crippen molar-refractivity contribution in [2.24, 2.45) is 5.92 Å². The number of carbonyl (C=O) groups excluding carboxylic acids is 2. The predicted molar refractivity (Wildman–Crippen MR) is 89.3 cm³/mol. The van der Waals surface area contributed by atoms with Crippen LogP contribution in [0, 0.1) is 5.92 Å². The molecule has 1 aromatic rings. The minimum Gasteiger partial charge on any atom is -0.481 e. The van der Waals surface area contributed by atoms with Crippen LogP contribution < -0.4 is 4.74 Å². The van der Waals surface area contributed by atoms with Gasteiger partial charge in [-0.15, -0.1) is 0 Å². The fourth-order valence-corrected chi connectivity index (χ4v) is 4.66. The highest BCUT2D eigenvalue weighted by atomic mass is 79.9. The van der Waals surface area contributed by atoms with E-state index in [0.717, 1.165) is 5.56 Å². The van der Waals surface area contributed by atoms with Crippen molar-refractivity contribution in [2.45, 2.75) is 37.6 Å². The molecule has 128 valence electrons. The second kappa shape index (κ2) is 6.09. The average Bonchev–Trinajstić information content (AvgIpc) is 3.16. The van der Waals surface area contributed by atoms with Crippen molar-refractivity contribution in [3.63, 3.8) is 0 Å². The summed E-state index contributed by atoms with van der Waals surface area (Å²) in [6, 6.07) is 3.52. The van der Waals surface area contributed by atoms with E-state index in [4.69, 9.17) is 25.8 Å². The van der Waals surface area contributed by atoms with E-state index in [0.29, 0.717) is 47.7 Å². The van der Waals surface area contributed by atoms with Crippen LogP contribution in [0.4, 0.5) is 0 Å². The van der Waals surface area contributed by atoms with Gasteiger partial charge in [0.2, 0.25) is 0 Å². The van der Waals surface area contributed by atoms with Gasteiger partial charge in [0, 0.05) is 36.3 Å². The predicted octanol–water partition coefficient (Wildman–Crippen LogP) is 3.09. The number of rotatable bonds is 2. The van der Waals surface area contributed by atoms with Crippen molar-refractivity contribution in [3.8, 4) is 5.75 Å². The van der Waals surface area contributed by atoms with Crippen LogP contribution in [0.15, 0.2) is 16.6 Å². The zero-order valence-electron chi connectivity index (χ0n) is 12.8. The molecule has 2 heterocycles. The maximum absolute atomic E-state index is 12.9. The highest BCUT2D eigenvalue weighted by molar-refractivity contribution is 9.10. The van der Waals surface area contributed by atoms with Crippen molar-refractivity contribution >= 4 is 39.1 Å². The molecular weight excluding hydrogens is 400 g/mol. The first kappa shape index (κ1) is 16.5. The van der Waals surface area contributed by atoms with Crippen LogP contribution in [0.5, 0.6) is 5.75 Å². The molecule has 0 bridgehead atoms. The maximum atomic E-state index is 12.9. The molecular formula is C17H16BrClO5. The van der Waals surface area contributed by atoms with Crippen molar-refractivity contribution in [1.82, 2.24) is 0 Å². The molecule has 0 N–H and O–H groups in total. The fraction of sp³-hybridized carbons (Fsp3) is 0.529. The van der Waals surface area contributed by atoms with Gasteiger partial charge < -0.3 is 14.2 Å². The van der Waals surface area contributed by atoms with Gasteiger partial charge in [-0.25, -0.2) is 0 Å². The monoisotopic (exact) mass is 414 g/mol. The molecule has 1 spiro atoms. The number of carbonyl (C=O) groups is 2. The molecule has 24 heavy (non-hydrogen) atoms. The van der Waals surface area contributed by atoms with Gasteiger partial charge in [-0.2, -0.15) is 0 Å². The lowest BCUT2D eigenvalue weighted by molar-refractivity contribution is -0.191. The van der Waals surface area contributed by atoms with E-state index in [-0.39, 0.29) is 18.0 Å². The summed E-state index contributed by atoms with van der Waals surface area (Å²) in [4.78, 5) is 25.2. The lowest BCUT2D eigenvalue weighted by Gasteiger charge is -2.35. The summed E-state index contributed by atoms with van der Waals surface area (Å²) < 4.78 is 17.9. The number of ketones is 2. The molecule has 2 fully saturated rings. The Morgan fingerprint density at radius 1 is 1.29 bits per heavy atom. The molecule has 3 aliphatic rings. The molecule has 0 radical (unpaired) electrons. The van der Waals surface area contributed by atoms with Gasteiger partial charge in [0.05, 0.1) is 23.6 Å². The van der Waals surface area contributed by atoms with Gasteiger partial charge in [-0.3, -0.25) is 9.59 Å². The summed E-state index contributed by atoms with van der Waals surface area (Å²) in [5.41, 5.74) is 0.874. The van der Waals surface area contributed by atoms with Crippen molar-refractivity contribution in [3.05, 3.63) is 27.2 Å². The highest BCUT2D eigenvalue weighted by Crippen LogP contribution is 2.42. The molecule has 5 nitrogen and oxygen atoms in total. The highest BCUT2D eigenvalue weighted by Gasteiger charge is 2.49. The molecule has 2 atom stereocenters. The molecule has 0 amide bonds. The first-order valence-corrected chi connectivity index (χ1v) is 9.13. The Morgan fingerprint density at radius 2 is 2.04 bits per heavy atom. The van der Waals surface area contributed by atoms with E-state index in [9.17, 15) is 9.59 Å². The van der Waals surface area contributed by atoms with E-state index in [2.05, 4.69) is 15.9 Å². The SMILES string of the molecule is O=C1CCC2(CC1C(=O)[C@H]1Cc3cc(Cl)cc(Br)c3O1)OCCO2. The molecule has 0 aromatic heterocycles. The van der Waals surface area contributed by atoms with Crippen LogP contribution in [0.3, 0.4) is 0 Å². The molecule has 4 rings (SSSR count). The second-order valence-corrected chi connectivity index (χ2v) is 7.71. The molecule has 1 saturated heterocycles. The van der Waals surface area contributed by atoms with Gasteiger partial charge in [0.15, 0.2) is 17.7 Å². The Bertz CT molecular complexity index is 713. The Balaban J connectivity index is 1.54. The number of benzene rings is 1. The summed E-state index contributed by atoms with van der Waals surface area (Å²) in [5.74, 6) is -1.13. The first-order valence-electron chi connectivity index (χ1n) is 7.96. The van der Waals surface area contributed by atoms with Crippen LogP contribution in [0.25, 0.3) is 0 Å². The van der Waals surface area contributed by atoms with Gasteiger partial charge in [0.1, 0.15) is 11.5 Å².